The Morgan fingerprint density at radius 2 is 1.97 bits per heavy atom. The van der Waals surface area contributed by atoms with Crippen molar-refractivity contribution in [3.05, 3.63) is 64.1 Å². The molecule has 5 rings (SSSR count). The van der Waals surface area contributed by atoms with Crippen molar-refractivity contribution < 1.29 is 4.79 Å². The zero-order valence-corrected chi connectivity index (χ0v) is 17.8. The number of nitrogens with one attached hydrogen (secondary N) is 1. The lowest BCUT2D eigenvalue weighted by Crippen LogP contribution is -2.29. The maximum absolute atomic E-state index is 12.7. The van der Waals surface area contributed by atoms with Gasteiger partial charge in [-0.3, -0.25) is 4.79 Å². The van der Waals surface area contributed by atoms with Crippen LogP contribution in [0.25, 0.3) is 0 Å². The van der Waals surface area contributed by atoms with Gasteiger partial charge in [0.25, 0.3) is 0 Å². The monoisotopic (exact) mass is 424 g/mol. The number of thioether (sulfide) groups is 1. The highest BCUT2D eigenvalue weighted by molar-refractivity contribution is 7.99. The van der Waals surface area contributed by atoms with E-state index >= 15 is 0 Å². The van der Waals surface area contributed by atoms with E-state index in [1.165, 1.54) is 31.5 Å². The van der Waals surface area contributed by atoms with E-state index in [4.69, 9.17) is 0 Å². The van der Waals surface area contributed by atoms with Crippen LogP contribution in [-0.2, 0) is 4.79 Å². The fourth-order valence-corrected chi connectivity index (χ4v) is 5.32. The van der Waals surface area contributed by atoms with Crippen LogP contribution < -0.4 is 5.32 Å². The van der Waals surface area contributed by atoms with Crippen LogP contribution in [0.2, 0.25) is 0 Å². The first-order valence-electron chi connectivity index (χ1n) is 10.2. The minimum Gasteiger partial charge on any atom is -0.344 e. The summed E-state index contributed by atoms with van der Waals surface area (Å²) in [6.45, 7) is 0. The van der Waals surface area contributed by atoms with Crippen molar-refractivity contribution in [3.8, 4) is 0 Å². The second-order valence-corrected chi connectivity index (χ2v) is 9.78. The van der Waals surface area contributed by atoms with Crippen LogP contribution in [0, 0.1) is 0 Å². The third kappa shape index (κ3) is 4.41. The van der Waals surface area contributed by atoms with E-state index in [0.29, 0.717) is 24.1 Å². The first kappa shape index (κ1) is 18.9. The smallest absolute Gasteiger partial charge is 0.221 e. The summed E-state index contributed by atoms with van der Waals surface area (Å²) in [5.41, 5.74) is 1.11. The van der Waals surface area contributed by atoms with Gasteiger partial charge in [-0.25, -0.2) is 0 Å². The molecular formula is C22H24N4OS2. The second kappa shape index (κ2) is 8.32. The first-order valence-corrected chi connectivity index (χ1v) is 12.1. The van der Waals surface area contributed by atoms with Crippen molar-refractivity contribution in [1.82, 2.24) is 20.1 Å². The Morgan fingerprint density at radius 3 is 2.66 bits per heavy atom. The number of benzene rings is 1. The van der Waals surface area contributed by atoms with Gasteiger partial charge in [0.05, 0.1) is 6.04 Å². The van der Waals surface area contributed by atoms with Gasteiger partial charge < -0.3 is 9.88 Å². The molecule has 0 radical (unpaired) electrons. The van der Waals surface area contributed by atoms with E-state index in [-0.39, 0.29) is 11.9 Å². The Bertz CT molecular complexity index is 962. The van der Waals surface area contributed by atoms with E-state index in [9.17, 15) is 4.79 Å². The molecule has 1 aromatic carbocycles. The topological polar surface area (TPSA) is 59.8 Å². The van der Waals surface area contributed by atoms with Crippen molar-refractivity contribution in [2.75, 3.05) is 5.75 Å². The Balaban J connectivity index is 1.21. The highest BCUT2D eigenvalue weighted by Crippen LogP contribution is 2.46. The van der Waals surface area contributed by atoms with E-state index in [0.717, 1.165) is 15.6 Å². The molecule has 2 aliphatic rings. The van der Waals surface area contributed by atoms with Gasteiger partial charge in [-0.1, -0.05) is 48.2 Å². The summed E-state index contributed by atoms with van der Waals surface area (Å²) in [6.07, 6.45) is 5.40. The molecule has 0 spiro atoms. The van der Waals surface area contributed by atoms with E-state index < -0.39 is 0 Å². The largest absolute Gasteiger partial charge is 0.344 e. The predicted molar refractivity (Wildman–Crippen MR) is 116 cm³/mol. The van der Waals surface area contributed by atoms with Crippen molar-refractivity contribution in [2.45, 2.75) is 55.3 Å². The normalized spacial score (nSPS) is 17.2. The van der Waals surface area contributed by atoms with Gasteiger partial charge in [0, 0.05) is 29.0 Å². The molecule has 1 atom stereocenters. The minimum atomic E-state index is -0.0923. The molecule has 2 fully saturated rings. The van der Waals surface area contributed by atoms with Crippen LogP contribution in [0.15, 0.2) is 53.0 Å². The maximum Gasteiger partial charge on any atom is 0.221 e. The molecule has 150 valence electrons. The number of aromatic nitrogens is 3. The number of amides is 1. The molecule has 2 saturated carbocycles. The van der Waals surface area contributed by atoms with E-state index in [2.05, 4.69) is 43.7 Å². The summed E-state index contributed by atoms with van der Waals surface area (Å²) in [4.78, 5) is 13.9. The molecule has 2 aliphatic carbocycles. The fourth-order valence-electron chi connectivity index (χ4n) is 3.57. The van der Waals surface area contributed by atoms with Gasteiger partial charge in [-0.15, -0.1) is 21.5 Å². The third-order valence-electron chi connectivity index (χ3n) is 5.37. The van der Waals surface area contributed by atoms with Crippen LogP contribution in [0.5, 0.6) is 0 Å². The van der Waals surface area contributed by atoms with Crippen molar-refractivity contribution in [2.24, 2.45) is 0 Å². The highest BCUT2D eigenvalue weighted by Gasteiger charge is 2.36. The van der Waals surface area contributed by atoms with Gasteiger partial charge in [-0.05, 0) is 42.7 Å². The lowest BCUT2D eigenvalue weighted by molar-refractivity contribution is -0.121. The van der Waals surface area contributed by atoms with Crippen molar-refractivity contribution in [3.63, 3.8) is 0 Å². The molecule has 1 amide bonds. The zero-order chi connectivity index (χ0) is 19.6. The maximum atomic E-state index is 12.7. The van der Waals surface area contributed by atoms with E-state index in [1.54, 1.807) is 23.1 Å². The average molecular weight is 425 g/mol. The Hall–Kier alpha value is -2.12. The van der Waals surface area contributed by atoms with Crippen LogP contribution >= 0.6 is 23.1 Å². The second-order valence-electron chi connectivity index (χ2n) is 7.74. The minimum absolute atomic E-state index is 0.0691. The highest BCUT2D eigenvalue weighted by atomic mass is 32.2. The summed E-state index contributed by atoms with van der Waals surface area (Å²) in [7, 11) is 0. The van der Waals surface area contributed by atoms with E-state index in [1.807, 2.05) is 24.3 Å². The summed E-state index contributed by atoms with van der Waals surface area (Å²) in [5.74, 6) is 2.56. The van der Waals surface area contributed by atoms with Crippen LogP contribution in [0.1, 0.15) is 66.4 Å². The quantitative estimate of drug-likeness (QED) is 0.494. The van der Waals surface area contributed by atoms with Crippen LogP contribution in [-0.4, -0.2) is 26.4 Å². The van der Waals surface area contributed by atoms with Gasteiger partial charge in [0.2, 0.25) is 5.91 Å². The molecule has 1 N–H and O–H groups in total. The van der Waals surface area contributed by atoms with Crippen molar-refractivity contribution in [1.29, 1.82) is 0 Å². The summed E-state index contributed by atoms with van der Waals surface area (Å²) in [5, 5.41) is 15.1. The summed E-state index contributed by atoms with van der Waals surface area (Å²) in [6, 6.07) is 14.8. The molecule has 2 aromatic heterocycles. The molecule has 0 bridgehead atoms. The third-order valence-corrected chi connectivity index (χ3v) is 7.25. The number of carbonyl (C=O) groups excluding carboxylic acids is 1. The van der Waals surface area contributed by atoms with Gasteiger partial charge >= 0.3 is 0 Å². The SMILES string of the molecule is O=C(CCSc1nnc(C2CC2)n1C1CC1)NC(c1ccccc1)c1cccs1. The number of nitrogens with zero attached hydrogens (tertiary/aromatic N) is 3. The Kier molecular flexibility index (Phi) is 5.42. The molecule has 7 heteroatoms. The Labute approximate surface area is 178 Å². The molecule has 2 heterocycles. The van der Waals surface area contributed by atoms with Crippen molar-refractivity contribution >= 4 is 29.0 Å². The predicted octanol–water partition coefficient (Wildman–Crippen LogP) is 4.94. The molecule has 3 aromatic rings. The summed E-state index contributed by atoms with van der Waals surface area (Å²) < 4.78 is 2.35. The van der Waals surface area contributed by atoms with Crippen LogP contribution in [0.3, 0.4) is 0 Å². The average Bonchev–Trinajstić information content (AvgIpc) is 3.67. The zero-order valence-electron chi connectivity index (χ0n) is 16.2. The van der Waals surface area contributed by atoms with Gasteiger partial charge in [-0.2, -0.15) is 0 Å². The number of hydrogen-bond acceptors (Lipinski definition) is 5. The number of hydrogen-bond donors (Lipinski definition) is 1. The molecule has 0 aliphatic heterocycles. The van der Waals surface area contributed by atoms with Gasteiger partial charge in [0.1, 0.15) is 5.82 Å². The summed E-state index contributed by atoms with van der Waals surface area (Å²) >= 11 is 3.33. The molecule has 5 nitrogen and oxygen atoms in total. The molecule has 1 unspecified atom stereocenters. The van der Waals surface area contributed by atoms with Gasteiger partial charge in [0.15, 0.2) is 5.16 Å². The van der Waals surface area contributed by atoms with Crippen LogP contribution in [0.4, 0.5) is 0 Å². The lowest BCUT2D eigenvalue weighted by Gasteiger charge is -2.18. The number of thiophene rings is 1. The Morgan fingerprint density at radius 1 is 1.14 bits per heavy atom. The molecular weight excluding hydrogens is 400 g/mol. The first-order chi connectivity index (χ1) is 14.3. The lowest BCUT2D eigenvalue weighted by atomic mass is 10.1. The molecule has 0 saturated heterocycles. The fraction of sp³-hybridized carbons (Fsp3) is 0.409. The molecule has 29 heavy (non-hydrogen) atoms. The standard InChI is InChI=1S/C22H24N4OS2/c27-19(23-20(18-7-4-13-28-18)15-5-2-1-3-6-15)12-14-29-22-25-24-21(16-8-9-16)26(22)17-10-11-17/h1-7,13,16-17,20H,8-12,14H2,(H,23,27). The number of rotatable bonds is 9. The number of carbonyl (C=O) groups is 1.